The number of halogens is 4. The molecule has 2 aliphatic rings. The van der Waals surface area contributed by atoms with E-state index >= 15 is 0 Å². The Morgan fingerprint density at radius 1 is 1.00 bits per heavy atom. The zero-order chi connectivity index (χ0) is 21.7. The van der Waals surface area contributed by atoms with Crippen molar-refractivity contribution in [1.82, 2.24) is 0 Å². The monoisotopic (exact) mass is 849 g/mol. The maximum absolute atomic E-state index is 12.6. The summed E-state index contributed by atoms with van der Waals surface area (Å²) < 4.78 is 13.1. The zero-order valence-electron chi connectivity index (χ0n) is 15.0. The Labute approximate surface area is 225 Å². The van der Waals surface area contributed by atoms with Crippen LogP contribution in [-0.2, 0) is 4.74 Å². The average Bonchev–Trinajstić information content (AvgIpc) is 2.75. The summed E-state index contributed by atoms with van der Waals surface area (Å²) in [6, 6.07) is 10.6. The maximum Gasteiger partial charge on any atom is 0.338 e. The third-order valence-electron chi connectivity index (χ3n) is 4.61. The number of methoxy groups -OCH3 is 1. The second kappa shape index (κ2) is 8.69. The summed E-state index contributed by atoms with van der Waals surface area (Å²) in [6.07, 6.45) is 0. The second-order valence-corrected chi connectivity index (χ2v) is 10.8. The Hall–Kier alpha value is -0.680. The highest BCUT2D eigenvalue weighted by atomic mass is 127. The number of ether oxygens (including phenoxy) is 1. The van der Waals surface area contributed by atoms with Gasteiger partial charge in [0.05, 0.1) is 16.2 Å². The molecule has 0 saturated heterocycles. The minimum absolute atomic E-state index is 0.137. The maximum atomic E-state index is 12.6. The Bertz CT molecular complexity index is 1380. The number of hydrogen-bond acceptors (Lipinski definition) is 5. The molecule has 0 radical (unpaired) electrons. The van der Waals surface area contributed by atoms with Crippen LogP contribution in [0.5, 0.6) is 5.75 Å². The van der Waals surface area contributed by atoms with Gasteiger partial charge in [0.15, 0.2) is 5.76 Å². The van der Waals surface area contributed by atoms with Gasteiger partial charge in [-0.1, -0.05) is 23.9 Å². The lowest BCUT2D eigenvalue weighted by Crippen LogP contribution is -2.13. The Balaban J connectivity index is 2.31. The van der Waals surface area contributed by atoms with Crippen molar-refractivity contribution in [3.63, 3.8) is 0 Å². The molecule has 1 heterocycles. The van der Waals surface area contributed by atoms with Crippen LogP contribution in [-0.4, -0.2) is 13.1 Å². The third-order valence-corrected chi connectivity index (χ3v) is 8.17. The molecule has 2 aromatic carbocycles. The van der Waals surface area contributed by atoms with Gasteiger partial charge in [0.25, 0.3) is 0 Å². The van der Waals surface area contributed by atoms with Crippen molar-refractivity contribution in [2.75, 3.05) is 7.11 Å². The smallest absolute Gasteiger partial charge is 0.338 e. The van der Waals surface area contributed by atoms with E-state index in [-0.39, 0.29) is 11.2 Å². The van der Waals surface area contributed by atoms with Crippen LogP contribution in [0.3, 0.4) is 0 Å². The van der Waals surface area contributed by atoms with Crippen LogP contribution in [0.4, 0.5) is 0 Å². The summed E-state index contributed by atoms with van der Waals surface area (Å²) >= 11 is 7.94. The van der Waals surface area contributed by atoms with E-state index in [1.54, 1.807) is 24.3 Å². The van der Waals surface area contributed by atoms with Crippen LogP contribution in [0.25, 0.3) is 33.4 Å². The molecular weight excluding hydrogens is 840 g/mol. The van der Waals surface area contributed by atoms with Crippen LogP contribution in [0.15, 0.2) is 45.6 Å². The summed E-state index contributed by atoms with van der Waals surface area (Å²) in [5.74, 6) is -0.217. The topological polar surface area (TPSA) is 79.6 Å². The van der Waals surface area contributed by atoms with E-state index in [9.17, 15) is 14.7 Å². The second-order valence-electron chi connectivity index (χ2n) is 6.27. The van der Waals surface area contributed by atoms with Gasteiger partial charge in [0.2, 0.25) is 5.43 Å². The SMILES string of the molecule is COC(=O)c1ccccc1-c1c2cc(I)c(=O)c(I)c-2oc2c(I)c([O-])c(I)cc12. The molecule has 152 valence electrons. The van der Waals surface area contributed by atoms with Crippen LogP contribution in [0.2, 0.25) is 0 Å². The lowest BCUT2D eigenvalue weighted by atomic mass is 9.91. The Morgan fingerprint density at radius 2 is 1.70 bits per heavy atom. The van der Waals surface area contributed by atoms with E-state index < -0.39 is 5.97 Å². The fraction of sp³-hybridized carbons (Fsp3) is 0.0476. The number of carbonyl (C=O) groups excluding carboxylic acids is 1. The molecule has 0 aromatic heterocycles. The molecule has 0 amide bonds. The van der Waals surface area contributed by atoms with Gasteiger partial charge in [-0.05, 0) is 114 Å². The fourth-order valence-corrected chi connectivity index (χ4v) is 6.84. The highest BCUT2D eigenvalue weighted by Gasteiger charge is 2.26. The van der Waals surface area contributed by atoms with E-state index in [1.807, 2.05) is 102 Å². The Morgan fingerprint density at radius 3 is 2.40 bits per heavy atom. The molecule has 2 aromatic rings. The van der Waals surface area contributed by atoms with Crippen molar-refractivity contribution >= 4 is 107 Å². The molecule has 0 saturated carbocycles. The minimum atomic E-state index is -0.470. The van der Waals surface area contributed by atoms with Crippen LogP contribution >= 0.6 is 90.4 Å². The number of esters is 1. The quantitative estimate of drug-likeness (QED) is 0.144. The number of carbonyl (C=O) groups is 1. The van der Waals surface area contributed by atoms with Gasteiger partial charge in [-0.15, -0.1) is 0 Å². The molecule has 1 aliphatic carbocycles. The van der Waals surface area contributed by atoms with E-state index in [1.165, 1.54) is 7.11 Å². The Kier molecular flexibility index (Phi) is 6.52. The molecule has 4 rings (SSSR count). The molecule has 0 spiro atoms. The molecule has 5 nitrogen and oxygen atoms in total. The number of rotatable bonds is 2. The molecule has 1 aliphatic heterocycles. The normalized spacial score (nSPS) is 11.2. The standard InChI is InChI=1S/C21H10I4O5/c1-29-21(28)9-5-3-2-4-8(9)14-10-6-12(22)17(26)15(24)19(10)30-20-11(14)7-13(23)18(27)16(20)25/h2-7,26H,1H3/p-1. The van der Waals surface area contributed by atoms with E-state index in [4.69, 9.17) is 9.15 Å². The van der Waals surface area contributed by atoms with Gasteiger partial charge in [-0.25, -0.2) is 4.79 Å². The van der Waals surface area contributed by atoms with Crippen LogP contribution < -0.4 is 10.5 Å². The van der Waals surface area contributed by atoms with Crippen molar-refractivity contribution in [2.24, 2.45) is 0 Å². The lowest BCUT2D eigenvalue weighted by molar-refractivity contribution is -0.270. The van der Waals surface area contributed by atoms with Crippen molar-refractivity contribution in [1.29, 1.82) is 0 Å². The van der Waals surface area contributed by atoms with Crippen molar-refractivity contribution in [3.8, 4) is 28.2 Å². The van der Waals surface area contributed by atoms with Crippen LogP contribution in [0, 0.1) is 14.3 Å². The van der Waals surface area contributed by atoms with Gasteiger partial charge < -0.3 is 14.3 Å². The molecule has 0 bridgehead atoms. The van der Waals surface area contributed by atoms with Crippen molar-refractivity contribution in [2.45, 2.75) is 0 Å². The number of benzene rings is 3. The van der Waals surface area contributed by atoms with E-state index in [2.05, 4.69) is 0 Å². The molecule has 30 heavy (non-hydrogen) atoms. The average molecular weight is 849 g/mol. The summed E-state index contributed by atoms with van der Waals surface area (Å²) in [6.45, 7) is 0. The van der Waals surface area contributed by atoms with Gasteiger partial charge in [0.1, 0.15) is 9.15 Å². The van der Waals surface area contributed by atoms with Gasteiger partial charge >= 0.3 is 5.97 Å². The number of fused-ring (bicyclic) bond motifs is 2. The first kappa shape index (κ1) is 22.5. The minimum Gasteiger partial charge on any atom is -0.871 e. The molecular formula is C21H9I4O5-. The van der Waals surface area contributed by atoms with Gasteiger partial charge in [0, 0.05) is 23.7 Å². The predicted octanol–water partition coefficient (Wildman–Crippen LogP) is 5.84. The summed E-state index contributed by atoms with van der Waals surface area (Å²) in [7, 11) is 1.33. The highest BCUT2D eigenvalue weighted by Crippen LogP contribution is 2.46. The highest BCUT2D eigenvalue weighted by molar-refractivity contribution is 14.1. The molecule has 0 unspecified atom stereocenters. The van der Waals surface area contributed by atoms with Crippen LogP contribution in [0.1, 0.15) is 10.4 Å². The number of hydrogen-bond donors (Lipinski definition) is 0. The largest absolute Gasteiger partial charge is 0.871 e. The predicted molar refractivity (Wildman–Crippen MR) is 146 cm³/mol. The van der Waals surface area contributed by atoms with E-state index in [0.29, 0.717) is 47.7 Å². The fourth-order valence-electron chi connectivity index (χ4n) is 3.27. The van der Waals surface area contributed by atoms with Crippen molar-refractivity contribution < 1.29 is 19.1 Å². The molecule has 0 atom stereocenters. The molecule has 9 heteroatoms. The molecule has 0 N–H and O–H groups in total. The summed E-state index contributed by atoms with van der Waals surface area (Å²) in [4.78, 5) is 25.1. The first-order valence-electron chi connectivity index (χ1n) is 8.37. The molecule has 0 fully saturated rings. The third kappa shape index (κ3) is 3.62. The van der Waals surface area contributed by atoms with E-state index in [0.717, 1.165) is 5.56 Å². The lowest BCUT2D eigenvalue weighted by Gasteiger charge is -2.21. The summed E-state index contributed by atoms with van der Waals surface area (Å²) in [5, 5.41) is 13.3. The summed E-state index contributed by atoms with van der Waals surface area (Å²) in [5.41, 5.74) is 2.70. The van der Waals surface area contributed by atoms with Gasteiger partial charge in [-0.2, -0.15) is 0 Å². The zero-order valence-corrected chi connectivity index (χ0v) is 23.6. The van der Waals surface area contributed by atoms with Crippen molar-refractivity contribution in [3.05, 3.63) is 66.5 Å². The first-order chi connectivity index (χ1) is 14.3. The first-order valence-corrected chi connectivity index (χ1v) is 12.7. The van der Waals surface area contributed by atoms with Gasteiger partial charge in [-0.3, -0.25) is 4.79 Å².